The van der Waals surface area contributed by atoms with Crippen LogP contribution in [0.2, 0.25) is 0 Å². The summed E-state index contributed by atoms with van der Waals surface area (Å²) >= 11 is 0. The maximum absolute atomic E-state index is 13.3. The normalized spacial score (nSPS) is 32.5. The Morgan fingerprint density at radius 1 is 1.29 bits per heavy atom. The summed E-state index contributed by atoms with van der Waals surface area (Å²) in [5, 5.41) is 12.7. The fraction of sp³-hybridized carbons (Fsp3) is 0.579. The van der Waals surface area contributed by atoms with E-state index in [1.165, 1.54) is 0 Å². The molecule has 1 aliphatic carbocycles. The van der Waals surface area contributed by atoms with Gasteiger partial charge in [0, 0.05) is 31.5 Å². The van der Waals surface area contributed by atoms with E-state index < -0.39 is 5.41 Å². The van der Waals surface area contributed by atoms with Crippen LogP contribution in [0.15, 0.2) is 24.3 Å². The van der Waals surface area contributed by atoms with Gasteiger partial charge in [-0.25, -0.2) is 0 Å². The van der Waals surface area contributed by atoms with Gasteiger partial charge in [0.05, 0.1) is 5.41 Å². The number of phenols is 1. The number of aromatic hydroxyl groups is 1. The van der Waals surface area contributed by atoms with E-state index in [0.29, 0.717) is 13.0 Å². The molecular formula is C19H24N2O3. The van der Waals surface area contributed by atoms with Crippen molar-refractivity contribution in [2.45, 2.75) is 50.5 Å². The molecule has 1 aromatic carbocycles. The average Bonchev–Trinajstić information content (AvgIpc) is 3.18. The first-order valence-corrected chi connectivity index (χ1v) is 8.96. The van der Waals surface area contributed by atoms with Crippen LogP contribution in [0, 0.1) is 5.41 Å². The first-order valence-electron chi connectivity index (χ1n) is 8.96. The third-order valence-electron chi connectivity index (χ3n) is 6.09. The van der Waals surface area contributed by atoms with Crippen LogP contribution in [-0.4, -0.2) is 41.0 Å². The maximum Gasteiger partial charge on any atom is 0.231 e. The zero-order chi connectivity index (χ0) is 16.7. The van der Waals surface area contributed by atoms with Crippen LogP contribution in [0.5, 0.6) is 5.75 Å². The number of nitrogens with zero attached hydrogens (tertiary/aromatic N) is 1. The van der Waals surface area contributed by atoms with Gasteiger partial charge >= 0.3 is 0 Å². The lowest BCUT2D eigenvalue weighted by Crippen LogP contribution is -2.51. The fourth-order valence-electron chi connectivity index (χ4n) is 4.84. The molecule has 3 atom stereocenters. The van der Waals surface area contributed by atoms with E-state index in [2.05, 4.69) is 5.32 Å². The first-order chi connectivity index (χ1) is 11.6. The van der Waals surface area contributed by atoms with Crippen LogP contribution in [-0.2, 0) is 9.59 Å². The van der Waals surface area contributed by atoms with Crippen molar-refractivity contribution in [1.82, 2.24) is 10.2 Å². The molecule has 2 amide bonds. The van der Waals surface area contributed by atoms with Crippen molar-refractivity contribution >= 4 is 11.8 Å². The van der Waals surface area contributed by atoms with E-state index in [1.807, 2.05) is 17.0 Å². The van der Waals surface area contributed by atoms with E-state index in [1.54, 1.807) is 12.1 Å². The summed E-state index contributed by atoms with van der Waals surface area (Å²) in [6.45, 7) is 1.42. The molecule has 0 radical (unpaired) electrons. The third kappa shape index (κ3) is 2.46. The second-order valence-electron chi connectivity index (χ2n) is 7.53. The van der Waals surface area contributed by atoms with Crippen LogP contribution in [0.1, 0.15) is 50.0 Å². The number of carbonyl (C=O) groups excluding carboxylic acids is 2. The van der Waals surface area contributed by atoms with Gasteiger partial charge in [0.25, 0.3) is 0 Å². The Balaban J connectivity index is 1.52. The Morgan fingerprint density at radius 2 is 2.17 bits per heavy atom. The lowest BCUT2D eigenvalue weighted by molar-refractivity contribution is -0.144. The molecule has 5 nitrogen and oxygen atoms in total. The van der Waals surface area contributed by atoms with Crippen molar-refractivity contribution in [2.24, 2.45) is 5.41 Å². The van der Waals surface area contributed by atoms with Crippen LogP contribution in [0.3, 0.4) is 0 Å². The molecular weight excluding hydrogens is 304 g/mol. The molecule has 2 N–H and O–H groups in total. The van der Waals surface area contributed by atoms with Crippen molar-refractivity contribution in [3.63, 3.8) is 0 Å². The van der Waals surface area contributed by atoms with Gasteiger partial charge in [0.15, 0.2) is 0 Å². The number of nitrogens with one attached hydrogen (secondary N) is 1. The van der Waals surface area contributed by atoms with Gasteiger partial charge in [-0.2, -0.15) is 0 Å². The minimum Gasteiger partial charge on any atom is -0.508 e. The largest absolute Gasteiger partial charge is 0.508 e. The molecule has 24 heavy (non-hydrogen) atoms. The van der Waals surface area contributed by atoms with Gasteiger partial charge in [-0.3, -0.25) is 9.59 Å². The van der Waals surface area contributed by atoms with Crippen LogP contribution < -0.4 is 5.32 Å². The minimum absolute atomic E-state index is 0.0195. The van der Waals surface area contributed by atoms with Gasteiger partial charge in [0.1, 0.15) is 5.75 Å². The van der Waals surface area contributed by atoms with Crippen molar-refractivity contribution < 1.29 is 14.7 Å². The number of rotatable bonds is 2. The lowest BCUT2D eigenvalue weighted by Gasteiger charge is -2.39. The monoisotopic (exact) mass is 328 g/mol. The number of fused-ring (bicyclic) bond motifs is 1. The molecule has 3 fully saturated rings. The zero-order valence-corrected chi connectivity index (χ0v) is 13.8. The quantitative estimate of drug-likeness (QED) is 0.874. The van der Waals surface area contributed by atoms with E-state index in [-0.39, 0.29) is 29.5 Å². The van der Waals surface area contributed by atoms with Crippen molar-refractivity contribution in [2.75, 3.05) is 13.1 Å². The Hall–Kier alpha value is -2.04. The Bertz CT molecular complexity index is 674. The highest BCUT2D eigenvalue weighted by Crippen LogP contribution is 2.45. The standard InChI is InChI=1S/C19H24N2O3/c22-15-5-3-4-13(10-15)14-7-9-21(12-14)18(24)19-8-2-1-6-16(19)20-17(23)11-19/h3-5,10,14,16,22H,1-2,6-9,11-12H2,(H,20,23)/t14?,16-,19+/m0/s1. The van der Waals surface area contributed by atoms with Gasteiger partial charge in [0.2, 0.25) is 11.8 Å². The second-order valence-corrected chi connectivity index (χ2v) is 7.53. The summed E-state index contributed by atoms with van der Waals surface area (Å²) in [7, 11) is 0. The van der Waals surface area contributed by atoms with Gasteiger partial charge in [-0.05, 0) is 37.0 Å². The van der Waals surface area contributed by atoms with Crippen molar-refractivity contribution in [3.05, 3.63) is 29.8 Å². The summed E-state index contributed by atoms with van der Waals surface area (Å²) in [5.41, 5.74) is 0.576. The molecule has 2 aliphatic heterocycles. The van der Waals surface area contributed by atoms with E-state index in [0.717, 1.165) is 44.2 Å². The number of hydrogen-bond acceptors (Lipinski definition) is 3. The van der Waals surface area contributed by atoms with E-state index in [4.69, 9.17) is 0 Å². The topological polar surface area (TPSA) is 69.6 Å². The number of carbonyl (C=O) groups is 2. The first kappa shape index (κ1) is 15.5. The highest BCUT2D eigenvalue weighted by atomic mass is 16.3. The lowest BCUT2D eigenvalue weighted by atomic mass is 9.69. The summed E-state index contributed by atoms with van der Waals surface area (Å²) in [6, 6.07) is 7.35. The van der Waals surface area contributed by atoms with Crippen LogP contribution in [0.25, 0.3) is 0 Å². The van der Waals surface area contributed by atoms with E-state index >= 15 is 0 Å². The Kier molecular flexibility index (Phi) is 3.74. The van der Waals surface area contributed by atoms with Gasteiger partial charge in [-0.15, -0.1) is 0 Å². The Labute approximate surface area is 142 Å². The molecule has 1 saturated carbocycles. The maximum atomic E-state index is 13.3. The van der Waals surface area contributed by atoms with Gasteiger partial charge in [-0.1, -0.05) is 25.0 Å². The minimum atomic E-state index is -0.511. The number of benzene rings is 1. The molecule has 0 bridgehead atoms. The van der Waals surface area contributed by atoms with Crippen LogP contribution >= 0.6 is 0 Å². The van der Waals surface area contributed by atoms with E-state index in [9.17, 15) is 14.7 Å². The molecule has 128 valence electrons. The molecule has 4 rings (SSSR count). The molecule has 3 aliphatic rings. The predicted octanol–water partition coefficient (Wildman–Crippen LogP) is 2.16. The fourth-order valence-corrected chi connectivity index (χ4v) is 4.84. The number of phenolic OH excluding ortho intramolecular Hbond substituents is 1. The number of likely N-dealkylation sites (tertiary alicyclic amines) is 1. The van der Waals surface area contributed by atoms with Crippen LogP contribution in [0.4, 0.5) is 0 Å². The summed E-state index contributed by atoms with van der Waals surface area (Å²) in [5.74, 6) is 0.727. The molecule has 2 heterocycles. The highest BCUT2D eigenvalue weighted by molar-refractivity contribution is 5.93. The summed E-state index contributed by atoms with van der Waals surface area (Å²) in [6.07, 6.45) is 5.12. The molecule has 0 spiro atoms. The third-order valence-corrected chi connectivity index (χ3v) is 6.09. The zero-order valence-electron chi connectivity index (χ0n) is 13.8. The Morgan fingerprint density at radius 3 is 3.00 bits per heavy atom. The summed E-state index contributed by atoms with van der Waals surface area (Å²) in [4.78, 5) is 27.2. The molecule has 2 saturated heterocycles. The second kappa shape index (κ2) is 5.80. The number of amides is 2. The molecule has 1 aromatic rings. The average molecular weight is 328 g/mol. The smallest absolute Gasteiger partial charge is 0.231 e. The van der Waals surface area contributed by atoms with Crippen molar-refractivity contribution in [1.29, 1.82) is 0 Å². The molecule has 0 aromatic heterocycles. The predicted molar refractivity (Wildman–Crippen MR) is 89.5 cm³/mol. The van der Waals surface area contributed by atoms with Crippen molar-refractivity contribution in [3.8, 4) is 5.75 Å². The SMILES string of the molecule is O=C1C[C@]2(C(=O)N3CCC(c4cccc(O)c4)C3)CCCC[C@@H]2N1. The highest BCUT2D eigenvalue weighted by Gasteiger charge is 2.55. The molecule has 1 unspecified atom stereocenters. The number of hydrogen-bond donors (Lipinski definition) is 2. The molecule has 5 heteroatoms. The summed E-state index contributed by atoms with van der Waals surface area (Å²) < 4.78 is 0. The van der Waals surface area contributed by atoms with Gasteiger partial charge < -0.3 is 15.3 Å².